The highest BCUT2D eigenvalue weighted by Crippen LogP contribution is 2.45. The number of aromatic nitrogens is 3. The quantitative estimate of drug-likeness (QED) is 0.186. The molecule has 0 amide bonds. The van der Waals surface area contributed by atoms with Gasteiger partial charge >= 0.3 is 0 Å². The van der Waals surface area contributed by atoms with Crippen LogP contribution in [0, 0.1) is 0 Å². The molecule has 0 aliphatic rings. The zero-order valence-electron chi connectivity index (χ0n) is 28.6. The van der Waals surface area contributed by atoms with E-state index in [9.17, 15) is 0 Å². The first-order chi connectivity index (χ1) is 26.3. The summed E-state index contributed by atoms with van der Waals surface area (Å²) >= 11 is 0. The minimum Gasteiger partial charge on any atom is -0.308 e. The number of pyridine rings is 1. The van der Waals surface area contributed by atoms with Crippen LogP contribution in [0.1, 0.15) is 0 Å². The number of anilines is 3. The van der Waals surface area contributed by atoms with Gasteiger partial charge in [0.05, 0.1) is 39.0 Å². The smallest absolute Gasteiger partial charge is 0.146 e. The Balaban J connectivity index is 1.28. The van der Waals surface area contributed by atoms with Crippen molar-refractivity contribution in [1.82, 2.24) is 14.0 Å². The molecule has 0 aliphatic carbocycles. The van der Waals surface area contributed by atoms with E-state index in [0.717, 1.165) is 50.3 Å². The first-order valence-corrected chi connectivity index (χ1v) is 18.1. The van der Waals surface area contributed by atoms with Crippen molar-refractivity contribution in [2.45, 2.75) is 0 Å². The summed E-state index contributed by atoms with van der Waals surface area (Å²) in [6, 6.07) is 65.9. The molecule has 246 valence electrons. The molecule has 0 N–H and O–H groups in total. The van der Waals surface area contributed by atoms with E-state index in [1.54, 1.807) is 0 Å². The van der Waals surface area contributed by atoms with E-state index >= 15 is 0 Å². The Morgan fingerprint density at radius 3 is 1.72 bits per heavy atom. The van der Waals surface area contributed by atoms with Gasteiger partial charge in [-0.25, -0.2) is 4.98 Å². The van der Waals surface area contributed by atoms with Gasteiger partial charge in [0.2, 0.25) is 0 Å². The van der Waals surface area contributed by atoms with Gasteiger partial charge in [-0.05, 0) is 82.2 Å². The average Bonchev–Trinajstić information content (AvgIpc) is 3.84. The van der Waals surface area contributed by atoms with Crippen molar-refractivity contribution in [3.05, 3.63) is 182 Å². The third kappa shape index (κ3) is 3.98. The molecule has 0 bridgehead atoms. The van der Waals surface area contributed by atoms with E-state index < -0.39 is 0 Å². The number of nitrogens with zero attached hydrogens (tertiary/aromatic N) is 4. The van der Waals surface area contributed by atoms with E-state index in [-0.39, 0.29) is 0 Å². The van der Waals surface area contributed by atoms with Crippen molar-refractivity contribution >= 4 is 98.8 Å². The third-order valence-corrected chi connectivity index (χ3v) is 11.1. The Labute approximate surface area is 304 Å². The molecule has 0 aliphatic heterocycles. The largest absolute Gasteiger partial charge is 0.308 e. The SMILES string of the molecule is c1ccc(N(c2ccccc2)c2cc3ccccc3cc2-n2c3cc4ccccc4cc3c3cc4c(nc32)c2cccc3c5ccccc5n4c32)cc1. The molecular formula is C49H30N4. The van der Waals surface area contributed by atoms with Crippen LogP contribution in [0.2, 0.25) is 0 Å². The lowest BCUT2D eigenvalue weighted by Crippen LogP contribution is -2.13. The van der Waals surface area contributed by atoms with Crippen LogP contribution < -0.4 is 4.90 Å². The Kier molecular flexibility index (Phi) is 5.74. The van der Waals surface area contributed by atoms with E-state index in [2.05, 4.69) is 196 Å². The summed E-state index contributed by atoms with van der Waals surface area (Å²) in [6.45, 7) is 0. The zero-order valence-corrected chi connectivity index (χ0v) is 28.6. The van der Waals surface area contributed by atoms with Crippen LogP contribution in [-0.2, 0) is 0 Å². The summed E-state index contributed by atoms with van der Waals surface area (Å²) in [6.07, 6.45) is 0. The molecule has 0 atom stereocenters. The van der Waals surface area contributed by atoms with Gasteiger partial charge in [0.25, 0.3) is 0 Å². The maximum Gasteiger partial charge on any atom is 0.146 e. The molecule has 8 aromatic carbocycles. The second-order valence-electron chi connectivity index (χ2n) is 14.0. The predicted octanol–water partition coefficient (Wildman–Crippen LogP) is 13.1. The van der Waals surface area contributed by atoms with E-state index in [4.69, 9.17) is 4.98 Å². The predicted molar refractivity (Wildman–Crippen MR) is 223 cm³/mol. The average molecular weight is 675 g/mol. The highest BCUT2D eigenvalue weighted by Gasteiger charge is 2.25. The Hall–Kier alpha value is -7.17. The molecule has 4 heterocycles. The molecule has 0 saturated carbocycles. The standard InChI is InChI=1S/C49H30N4/c1-3-18-35(19-4-1)51(36-20-5-2-6-21-36)44-28-33-16-9-10-17-34(33)29-45(44)53-43-27-32-15-8-7-14-31(32)26-40(43)41-30-46-47(50-49(41)53)39-24-13-23-38-37-22-11-12-25-42(37)52(46)48(38)39/h1-30H. The zero-order chi connectivity index (χ0) is 34.6. The van der Waals surface area contributed by atoms with Crippen LogP contribution in [0.3, 0.4) is 0 Å². The highest BCUT2D eigenvalue weighted by molar-refractivity contribution is 6.25. The molecular weight excluding hydrogens is 645 g/mol. The first-order valence-electron chi connectivity index (χ1n) is 18.1. The van der Waals surface area contributed by atoms with E-state index in [1.807, 2.05) is 0 Å². The number of rotatable bonds is 4. The second kappa shape index (κ2) is 10.7. The summed E-state index contributed by atoms with van der Waals surface area (Å²) < 4.78 is 4.85. The number of para-hydroxylation sites is 4. The van der Waals surface area contributed by atoms with Crippen LogP contribution in [0.15, 0.2) is 182 Å². The summed E-state index contributed by atoms with van der Waals surface area (Å²) in [4.78, 5) is 8.11. The molecule has 0 fully saturated rings. The fourth-order valence-electron chi connectivity index (χ4n) is 8.83. The normalized spacial score (nSPS) is 12.2. The Morgan fingerprint density at radius 1 is 0.396 bits per heavy atom. The van der Waals surface area contributed by atoms with Crippen molar-refractivity contribution in [3.63, 3.8) is 0 Å². The number of hydrogen-bond acceptors (Lipinski definition) is 2. The summed E-state index contributed by atoms with van der Waals surface area (Å²) in [5, 5.41) is 10.8. The van der Waals surface area contributed by atoms with Gasteiger partial charge in [0, 0.05) is 38.3 Å². The van der Waals surface area contributed by atoms with Crippen molar-refractivity contribution < 1.29 is 0 Å². The maximum absolute atomic E-state index is 5.73. The summed E-state index contributed by atoms with van der Waals surface area (Å²) in [5.41, 5.74) is 11.0. The molecule has 0 saturated heterocycles. The van der Waals surface area contributed by atoms with Crippen LogP contribution >= 0.6 is 0 Å². The van der Waals surface area contributed by atoms with Crippen LogP contribution in [0.4, 0.5) is 17.1 Å². The van der Waals surface area contributed by atoms with Gasteiger partial charge in [-0.15, -0.1) is 0 Å². The minimum atomic E-state index is 0.943. The topological polar surface area (TPSA) is 25.5 Å². The summed E-state index contributed by atoms with van der Waals surface area (Å²) in [5.74, 6) is 0. The lowest BCUT2D eigenvalue weighted by atomic mass is 10.1. The number of hydrogen-bond donors (Lipinski definition) is 0. The summed E-state index contributed by atoms with van der Waals surface area (Å²) in [7, 11) is 0. The van der Waals surface area contributed by atoms with Gasteiger partial charge in [-0.2, -0.15) is 0 Å². The third-order valence-electron chi connectivity index (χ3n) is 11.1. The highest BCUT2D eigenvalue weighted by atomic mass is 15.2. The van der Waals surface area contributed by atoms with Crippen molar-refractivity contribution in [2.24, 2.45) is 0 Å². The Bertz CT molecular complexity index is 3350. The van der Waals surface area contributed by atoms with E-state index in [0.29, 0.717) is 0 Å². The van der Waals surface area contributed by atoms with Gasteiger partial charge in [0.15, 0.2) is 0 Å². The lowest BCUT2D eigenvalue weighted by molar-refractivity contribution is 1.13. The molecule has 4 aromatic heterocycles. The fraction of sp³-hybridized carbons (Fsp3) is 0. The van der Waals surface area contributed by atoms with Crippen LogP contribution in [0.5, 0.6) is 0 Å². The lowest BCUT2D eigenvalue weighted by Gasteiger charge is -2.28. The van der Waals surface area contributed by atoms with Crippen LogP contribution in [0.25, 0.3) is 87.4 Å². The fourth-order valence-corrected chi connectivity index (χ4v) is 8.83. The molecule has 0 spiro atoms. The number of benzene rings is 8. The van der Waals surface area contributed by atoms with Gasteiger partial charge in [0.1, 0.15) is 5.65 Å². The van der Waals surface area contributed by atoms with Crippen molar-refractivity contribution in [1.29, 1.82) is 0 Å². The van der Waals surface area contributed by atoms with Gasteiger partial charge < -0.3 is 9.30 Å². The van der Waals surface area contributed by atoms with Crippen molar-refractivity contribution in [2.75, 3.05) is 4.90 Å². The molecule has 12 aromatic rings. The number of fused-ring (bicyclic) bond motifs is 11. The molecule has 0 unspecified atom stereocenters. The molecule has 12 rings (SSSR count). The van der Waals surface area contributed by atoms with Crippen molar-refractivity contribution in [3.8, 4) is 5.69 Å². The molecule has 53 heavy (non-hydrogen) atoms. The maximum atomic E-state index is 5.73. The Morgan fingerprint density at radius 2 is 0.981 bits per heavy atom. The molecule has 4 nitrogen and oxygen atoms in total. The minimum absolute atomic E-state index is 0.943. The van der Waals surface area contributed by atoms with Gasteiger partial charge in [-0.1, -0.05) is 121 Å². The monoisotopic (exact) mass is 674 g/mol. The first kappa shape index (κ1) is 28.5. The van der Waals surface area contributed by atoms with Gasteiger partial charge in [-0.3, -0.25) is 4.57 Å². The van der Waals surface area contributed by atoms with E-state index in [1.165, 1.54) is 54.1 Å². The van der Waals surface area contributed by atoms with Crippen LogP contribution in [-0.4, -0.2) is 14.0 Å². The second-order valence-corrected chi connectivity index (χ2v) is 14.0. The molecule has 4 heteroatoms. The molecule has 0 radical (unpaired) electrons.